The van der Waals surface area contributed by atoms with Gasteiger partial charge in [0.05, 0.1) is 0 Å². The third-order valence-corrected chi connectivity index (χ3v) is 8.00. The van der Waals surface area contributed by atoms with Gasteiger partial charge in [0.25, 0.3) is 0 Å². The maximum Gasteiger partial charge on any atom is 3.00 e. The first-order chi connectivity index (χ1) is 7.33. The summed E-state index contributed by atoms with van der Waals surface area (Å²) in [5, 5.41) is 10.4. The van der Waals surface area contributed by atoms with Crippen LogP contribution in [0.1, 0.15) is 41.5 Å². The molecule has 0 amide bonds. The van der Waals surface area contributed by atoms with Crippen LogP contribution in [0.4, 0.5) is 0 Å². The van der Waals surface area contributed by atoms with Crippen LogP contribution in [0.2, 0.25) is 0 Å². The van der Waals surface area contributed by atoms with E-state index in [1.165, 1.54) is 0 Å². The monoisotopic (exact) mass is 317 g/mol. The Bertz CT molecular complexity index is 253. The number of hydrogen-bond acceptors (Lipinski definition) is 0. The van der Waals surface area contributed by atoms with Crippen LogP contribution in [0.3, 0.4) is 0 Å². The summed E-state index contributed by atoms with van der Waals surface area (Å²) in [6.45, 7) is 12.8. The minimum atomic E-state index is -1.69. The first-order valence-corrected chi connectivity index (χ1v) is 8.05. The van der Waals surface area contributed by atoms with Crippen LogP contribution in [0.5, 0.6) is 0 Å². The third kappa shape index (κ3) is 9.06. The molecule has 0 aromatic rings. The topological polar surface area (TPSA) is 22.3 Å². The Labute approximate surface area is 138 Å². The van der Waals surface area contributed by atoms with Crippen molar-refractivity contribution in [3.63, 3.8) is 0 Å². The molecular formula is C16H32NPTi. The number of rotatable bonds is 3. The summed E-state index contributed by atoms with van der Waals surface area (Å²) in [7, 11) is -1.69. The molecule has 0 saturated heterocycles. The first kappa shape index (κ1) is 27.7. The molecule has 0 unspecified atom stereocenters. The van der Waals surface area contributed by atoms with Crippen molar-refractivity contribution in [1.29, 1.82) is 0 Å². The molecule has 0 bridgehead atoms. The van der Waals surface area contributed by atoms with Crippen molar-refractivity contribution in [3.05, 3.63) is 50.7 Å². The smallest absolute Gasteiger partial charge is 0.807 e. The van der Waals surface area contributed by atoms with Crippen molar-refractivity contribution in [3.8, 4) is 0 Å². The van der Waals surface area contributed by atoms with Crippen LogP contribution in [0.15, 0.2) is 24.3 Å². The van der Waals surface area contributed by atoms with Crippen molar-refractivity contribution in [2.24, 2.45) is 0 Å². The molecular weight excluding hydrogens is 285 g/mol. The van der Waals surface area contributed by atoms with Crippen molar-refractivity contribution in [1.82, 2.24) is 0 Å². The van der Waals surface area contributed by atoms with Gasteiger partial charge in [0.2, 0.25) is 0 Å². The van der Waals surface area contributed by atoms with E-state index in [-0.39, 0.29) is 36.6 Å². The predicted molar refractivity (Wildman–Crippen MR) is 91.1 cm³/mol. The summed E-state index contributed by atoms with van der Waals surface area (Å²) in [5.41, 5.74) is 1.34. The third-order valence-electron chi connectivity index (χ3n) is 3.04. The van der Waals surface area contributed by atoms with Gasteiger partial charge < -0.3 is 20.0 Å². The van der Waals surface area contributed by atoms with Crippen molar-refractivity contribution in [2.75, 3.05) is 0 Å². The Kier molecular flexibility index (Phi) is 19.6. The predicted octanol–water partition coefficient (Wildman–Crippen LogP) is 6.20. The molecule has 1 aliphatic rings. The fourth-order valence-electron chi connectivity index (χ4n) is 2.11. The summed E-state index contributed by atoms with van der Waals surface area (Å²) in [6, 6.07) is 0. The normalized spacial score (nSPS) is 12.5. The van der Waals surface area contributed by atoms with E-state index in [0.717, 1.165) is 0 Å². The molecule has 110 valence electrons. The molecule has 2 radical (unpaired) electrons. The molecule has 1 aliphatic carbocycles. The van der Waals surface area contributed by atoms with Crippen molar-refractivity contribution < 1.29 is 21.7 Å². The zero-order valence-corrected chi connectivity index (χ0v) is 16.5. The Balaban J connectivity index is -0.000000121. The van der Waals surface area contributed by atoms with Gasteiger partial charge in [0.1, 0.15) is 0 Å². The second-order valence-electron chi connectivity index (χ2n) is 5.04. The molecule has 0 aromatic heterocycles. The summed E-state index contributed by atoms with van der Waals surface area (Å²) < 4.78 is 0. The molecule has 0 aromatic carbocycles. The zero-order chi connectivity index (χ0) is 12.8. The van der Waals surface area contributed by atoms with E-state index < -0.39 is 7.05 Å². The number of nitrogens with zero attached hydrogens (tertiary/aromatic N) is 1. The maximum atomic E-state index is 10.4. The zero-order valence-electron chi connectivity index (χ0n) is 14.0. The molecule has 3 heteroatoms. The quantitative estimate of drug-likeness (QED) is 0.336. The van der Waals surface area contributed by atoms with Crippen LogP contribution in [-0.4, -0.2) is 17.0 Å². The van der Waals surface area contributed by atoms with E-state index in [0.29, 0.717) is 17.0 Å². The van der Waals surface area contributed by atoms with E-state index in [4.69, 9.17) is 0 Å². The van der Waals surface area contributed by atoms with Crippen LogP contribution >= 0.6 is 7.05 Å². The second-order valence-corrected chi connectivity index (χ2v) is 9.72. The summed E-state index contributed by atoms with van der Waals surface area (Å²) in [5.74, 6) is 0. The van der Waals surface area contributed by atoms with E-state index >= 15 is 0 Å². The van der Waals surface area contributed by atoms with Gasteiger partial charge in [-0.3, -0.25) is 0 Å². The van der Waals surface area contributed by atoms with Crippen LogP contribution in [0, 0.1) is 21.3 Å². The van der Waals surface area contributed by atoms with Gasteiger partial charge in [-0.25, -0.2) is 7.05 Å². The van der Waals surface area contributed by atoms with E-state index in [9.17, 15) is 5.16 Å². The molecule has 0 saturated carbocycles. The molecule has 0 atom stereocenters. The van der Waals surface area contributed by atoms with Crippen LogP contribution < -0.4 is 0 Å². The average Bonchev–Trinajstić information content (AvgIpc) is 2.73. The van der Waals surface area contributed by atoms with Crippen molar-refractivity contribution >= 4 is 7.05 Å². The molecule has 1 rings (SSSR count). The molecule has 19 heavy (non-hydrogen) atoms. The SMILES string of the molecule is CC(C)P(=[N-])(C(C)C)C(C)C.[CH3-].[CH3-].[CH]1C=CC=C1.[Ti+3]. The Morgan fingerprint density at radius 3 is 1.00 bits per heavy atom. The van der Waals surface area contributed by atoms with E-state index in [1.54, 1.807) is 0 Å². The fraction of sp³-hybridized carbons (Fsp3) is 0.562. The van der Waals surface area contributed by atoms with Crippen LogP contribution in [-0.2, 0) is 21.7 Å². The van der Waals surface area contributed by atoms with Gasteiger partial charge in [-0.2, -0.15) is 0 Å². The first-order valence-electron chi connectivity index (χ1n) is 6.11. The Morgan fingerprint density at radius 1 is 0.684 bits per heavy atom. The van der Waals surface area contributed by atoms with Gasteiger partial charge in [0.15, 0.2) is 0 Å². The Hall–Kier alpha value is 0.424. The van der Waals surface area contributed by atoms with Gasteiger partial charge >= 0.3 is 21.7 Å². The maximum absolute atomic E-state index is 10.4. The largest absolute Gasteiger partial charge is 3.00 e. The van der Waals surface area contributed by atoms with E-state index in [1.807, 2.05) is 30.7 Å². The molecule has 0 heterocycles. The Morgan fingerprint density at radius 2 is 0.947 bits per heavy atom. The summed E-state index contributed by atoms with van der Waals surface area (Å²) in [4.78, 5) is 0. The minimum Gasteiger partial charge on any atom is -0.807 e. The molecule has 0 N–H and O–H groups in total. The van der Waals surface area contributed by atoms with Crippen LogP contribution in [0.25, 0.3) is 5.16 Å². The van der Waals surface area contributed by atoms with Gasteiger partial charge in [0, 0.05) is 6.42 Å². The number of hydrogen-bond donors (Lipinski definition) is 0. The minimum absolute atomic E-state index is 0. The summed E-state index contributed by atoms with van der Waals surface area (Å²) >= 11 is 0. The molecule has 0 spiro atoms. The van der Waals surface area contributed by atoms with Gasteiger partial charge in [-0.05, 0) is 17.0 Å². The fourth-order valence-corrected chi connectivity index (χ4v) is 5.69. The second kappa shape index (κ2) is 13.4. The molecule has 1 nitrogen and oxygen atoms in total. The van der Waals surface area contributed by atoms with E-state index in [2.05, 4.69) is 41.5 Å². The molecule has 0 aliphatic heterocycles. The van der Waals surface area contributed by atoms with Gasteiger partial charge in [-0.15, -0.1) is 0 Å². The van der Waals surface area contributed by atoms with Gasteiger partial charge in [-0.1, -0.05) is 65.8 Å². The number of allylic oxidation sites excluding steroid dienone is 4. The molecule has 0 fully saturated rings. The van der Waals surface area contributed by atoms with Crippen molar-refractivity contribution in [2.45, 2.75) is 58.5 Å². The average molecular weight is 317 g/mol. The summed E-state index contributed by atoms with van der Waals surface area (Å²) in [6.07, 6.45) is 10.0. The standard InChI is InChI=1S/C9H21NP.C5H5.2CH3.Ti/c1-7(2)11(10,8(3)4)9(5)6;1-2-4-5-3-1;;;/h7-9H,1-6H3;1-5H;2*1H3;/q-1;;2*-1;+3.